The van der Waals surface area contributed by atoms with Crippen molar-refractivity contribution < 1.29 is 9.53 Å². The minimum atomic E-state index is -0.460. The van der Waals surface area contributed by atoms with E-state index in [4.69, 9.17) is 4.74 Å². The van der Waals surface area contributed by atoms with Crippen LogP contribution >= 0.6 is 0 Å². The number of anilines is 1. The van der Waals surface area contributed by atoms with Gasteiger partial charge in [-0.2, -0.15) is 0 Å². The first kappa shape index (κ1) is 18.7. The third-order valence-corrected chi connectivity index (χ3v) is 4.36. The number of nitrogens with one attached hydrogen (secondary N) is 2. The summed E-state index contributed by atoms with van der Waals surface area (Å²) in [5.41, 5.74) is 3.92. The lowest BCUT2D eigenvalue weighted by atomic mass is 10.1. The molecule has 0 heterocycles. The van der Waals surface area contributed by atoms with Crippen molar-refractivity contribution in [3.8, 4) is 5.75 Å². The number of aryl methyl sites for hydroxylation is 1. The van der Waals surface area contributed by atoms with Crippen LogP contribution in [0.5, 0.6) is 5.75 Å². The fourth-order valence-corrected chi connectivity index (χ4v) is 2.86. The van der Waals surface area contributed by atoms with E-state index >= 15 is 0 Å². The van der Waals surface area contributed by atoms with Gasteiger partial charge in [-0.05, 0) is 42.3 Å². The molecule has 0 aromatic heterocycles. The highest BCUT2D eigenvalue weighted by Crippen LogP contribution is 2.19. The number of carbonyl (C=O) groups is 1. The molecule has 0 aliphatic rings. The Labute approximate surface area is 160 Å². The van der Waals surface area contributed by atoms with Gasteiger partial charge in [0.25, 0.3) is 0 Å². The molecule has 1 amide bonds. The Kier molecular flexibility index (Phi) is 6.23. The topological polar surface area (TPSA) is 50.4 Å². The highest BCUT2D eigenvalue weighted by Gasteiger charge is 2.20. The second-order valence-corrected chi connectivity index (χ2v) is 6.43. The summed E-state index contributed by atoms with van der Waals surface area (Å²) in [4.78, 5) is 12.9. The number of hydrogen-bond acceptors (Lipinski definition) is 3. The van der Waals surface area contributed by atoms with E-state index in [-0.39, 0.29) is 5.91 Å². The SMILES string of the molecule is COc1cccc(CNC(C(=O)Nc2ccc(C)cc2)c2ccccc2)c1. The first-order valence-corrected chi connectivity index (χ1v) is 8.94. The molecule has 3 rings (SSSR count). The molecule has 0 bridgehead atoms. The highest BCUT2D eigenvalue weighted by molar-refractivity contribution is 5.95. The van der Waals surface area contributed by atoms with Crippen molar-refractivity contribution in [3.05, 3.63) is 95.6 Å². The van der Waals surface area contributed by atoms with Crippen LogP contribution in [0.3, 0.4) is 0 Å². The van der Waals surface area contributed by atoms with Gasteiger partial charge in [-0.3, -0.25) is 10.1 Å². The van der Waals surface area contributed by atoms with E-state index in [9.17, 15) is 4.79 Å². The lowest BCUT2D eigenvalue weighted by molar-refractivity contribution is -0.118. The zero-order chi connectivity index (χ0) is 19.1. The maximum absolute atomic E-state index is 12.9. The molecule has 3 aromatic rings. The smallest absolute Gasteiger partial charge is 0.246 e. The molecule has 4 nitrogen and oxygen atoms in total. The Morgan fingerprint density at radius 2 is 1.70 bits per heavy atom. The van der Waals surface area contributed by atoms with Crippen LogP contribution in [0.4, 0.5) is 5.69 Å². The van der Waals surface area contributed by atoms with Crippen LogP contribution in [0.2, 0.25) is 0 Å². The van der Waals surface area contributed by atoms with Crippen LogP contribution < -0.4 is 15.4 Å². The Morgan fingerprint density at radius 3 is 2.41 bits per heavy atom. The van der Waals surface area contributed by atoms with Crippen molar-refractivity contribution in [1.82, 2.24) is 5.32 Å². The van der Waals surface area contributed by atoms with E-state index in [1.165, 1.54) is 0 Å². The maximum Gasteiger partial charge on any atom is 0.246 e. The largest absolute Gasteiger partial charge is 0.497 e. The monoisotopic (exact) mass is 360 g/mol. The van der Waals surface area contributed by atoms with Crippen molar-refractivity contribution in [2.45, 2.75) is 19.5 Å². The maximum atomic E-state index is 12.9. The zero-order valence-corrected chi connectivity index (χ0v) is 15.6. The van der Waals surface area contributed by atoms with E-state index < -0.39 is 6.04 Å². The lowest BCUT2D eigenvalue weighted by Crippen LogP contribution is -2.32. The average molecular weight is 360 g/mol. The molecule has 0 fully saturated rings. The summed E-state index contributed by atoms with van der Waals surface area (Å²) in [6.07, 6.45) is 0. The molecule has 0 spiro atoms. The molecule has 0 aliphatic carbocycles. The fourth-order valence-electron chi connectivity index (χ4n) is 2.86. The van der Waals surface area contributed by atoms with Gasteiger partial charge < -0.3 is 10.1 Å². The number of carbonyl (C=O) groups excluding carboxylic acids is 1. The molecule has 0 saturated heterocycles. The van der Waals surface area contributed by atoms with E-state index in [2.05, 4.69) is 10.6 Å². The molecule has 138 valence electrons. The minimum absolute atomic E-state index is 0.0899. The van der Waals surface area contributed by atoms with Gasteiger partial charge in [-0.15, -0.1) is 0 Å². The van der Waals surface area contributed by atoms with Gasteiger partial charge >= 0.3 is 0 Å². The van der Waals surface area contributed by atoms with Crippen LogP contribution in [0.15, 0.2) is 78.9 Å². The quantitative estimate of drug-likeness (QED) is 0.653. The van der Waals surface area contributed by atoms with E-state index in [0.29, 0.717) is 6.54 Å². The molecule has 4 heteroatoms. The molecule has 2 N–H and O–H groups in total. The summed E-state index contributed by atoms with van der Waals surface area (Å²) in [5, 5.41) is 6.37. The Hall–Kier alpha value is -3.11. The molecule has 0 radical (unpaired) electrons. The number of benzene rings is 3. The van der Waals surface area contributed by atoms with E-state index in [1.54, 1.807) is 7.11 Å². The fraction of sp³-hybridized carbons (Fsp3) is 0.174. The number of ether oxygens (including phenoxy) is 1. The summed E-state index contributed by atoms with van der Waals surface area (Å²) in [5.74, 6) is 0.711. The van der Waals surface area contributed by atoms with Crippen molar-refractivity contribution in [2.75, 3.05) is 12.4 Å². The average Bonchev–Trinajstić information content (AvgIpc) is 2.71. The van der Waals surface area contributed by atoms with Gasteiger partial charge in [0, 0.05) is 12.2 Å². The predicted octanol–water partition coefficient (Wildman–Crippen LogP) is 4.47. The molecule has 1 unspecified atom stereocenters. The van der Waals surface area contributed by atoms with Gasteiger partial charge in [-0.25, -0.2) is 0 Å². The third-order valence-electron chi connectivity index (χ3n) is 4.36. The van der Waals surface area contributed by atoms with Gasteiger partial charge in [-0.1, -0.05) is 60.2 Å². The first-order valence-electron chi connectivity index (χ1n) is 8.94. The summed E-state index contributed by atoms with van der Waals surface area (Å²) in [6.45, 7) is 2.58. The van der Waals surface area contributed by atoms with Crippen molar-refractivity contribution in [3.63, 3.8) is 0 Å². The van der Waals surface area contributed by atoms with E-state index in [1.807, 2.05) is 85.8 Å². The number of rotatable bonds is 7. The van der Waals surface area contributed by atoms with Crippen LogP contribution in [-0.4, -0.2) is 13.0 Å². The highest BCUT2D eigenvalue weighted by atomic mass is 16.5. The number of methoxy groups -OCH3 is 1. The number of hydrogen-bond donors (Lipinski definition) is 2. The summed E-state index contributed by atoms with van der Waals surface area (Å²) in [6, 6.07) is 24.9. The molecular formula is C23H24N2O2. The molecule has 0 saturated carbocycles. The van der Waals surface area contributed by atoms with Crippen molar-refractivity contribution in [2.24, 2.45) is 0 Å². The van der Waals surface area contributed by atoms with Gasteiger partial charge in [0.05, 0.1) is 7.11 Å². The van der Waals surface area contributed by atoms with E-state index in [0.717, 1.165) is 28.1 Å². The summed E-state index contributed by atoms with van der Waals surface area (Å²) in [7, 11) is 1.65. The van der Waals surface area contributed by atoms with Gasteiger partial charge in [0.15, 0.2) is 0 Å². The Morgan fingerprint density at radius 1 is 0.963 bits per heavy atom. The predicted molar refractivity (Wildman–Crippen MR) is 109 cm³/mol. The Bertz CT molecular complexity index is 876. The first-order chi connectivity index (χ1) is 13.2. The summed E-state index contributed by atoms with van der Waals surface area (Å²) >= 11 is 0. The minimum Gasteiger partial charge on any atom is -0.497 e. The molecule has 27 heavy (non-hydrogen) atoms. The molecule has 0 aliphatic heterocycles. The normalized spacial score (nSPS) is 11.6. The van der Waals surface area contributed by atoms with Crippen molar-refractivity contribution in [1.29, 1.82) is 0 Å². The van der Waals surface area contributed by atoms with Crippen LogP contribution in [0.25, 0.3) is 0 Å². The molecule has 3 aromatic carbocycles. The third kappa shape index (κ3) is 5.19. The van der Waals surface area contributed by atoms with Crippen LogP contribution in [-0.2, 0) is 11.3 Å². The Balaban J connectivity index is 1.76. The second kappa shape index (κ2) is 9.01. The van der Waals surface area contributed by atoms with Gasteiger partial charge in [0.1, 0.15) is 11.8 Å². The van der Waals surface area contributed by atoms with Crippen LogP contribution in [0.1, 0.15) is 22.7 Å². The van der Waals surface area contributed by atoms with Crippen LogP contribution in [0, 0.1) is 6.92 Å². The second-order valence-electron chi connectivity index (χ2n) is 6.43. The standard InChI is InChI=1S/C23H24N2O2/c1-17-11-13-20(14-12-17)25-23(26)22(19-8-4-3-5-9-19)24-16-18-7-6-10-21(15-18)27-2/h3-15,22,24H,16H2,1-2H3,(H,25,26). The molecular weight excluding hydrogens is 336 g/mol. The summed E-state index contributed by atoms with van der Waals surface area (Å²) < 4.78 is 5.28. The number of amides is 1. The zero-order valence-electron chi connectivity index (χ0n) is 15.6. The lowest BCUT2D eigenvalue weighted by Gasteiger charge is -2.19. The molecule has 1 atom stereocenters. The van der Waals surface area contributed by atoms with Gasteiger partial charge in [0.2, 0.25) is 5.91 Å². The van der Waals surface area contributed by atoms with Crippen molar-refractivity contribution >= 4 is 11.6 Å².